The number of thiophene rings is 1. The number of nitrogens with zero attached hydrogens (tertiary/aromatic N) is 4. The number of hydrogen-bond acceptors (Lipinski definition) is 6. The molecule has 3 aromatic heterocycles. The first-order valence-electron chi connectivity index (χ1n) is 8.46. The van der Waals surface area contributed by atoms with Gasteiger partial charge < -0.3 is 5.32 Å². The molecule has 0 aliphatic rings. The summed E-state index contributed by atoms with van der Waals surface area (Å²) < 4.78 is 1.33. The molecule has 0 bridgehead atoms. The monoisotopic (exact) mass is 375 g/mol. The Hall–Kier alpha value is -3.32. The summed E-state index contributed by atoms with van der Waals surface area (Å²) in [5.74, 6) is 0.652. The Morgan fingerprint density at radius 3 is 2.78 bits per heavy atom. The van der Waals surface area contributed by atoms with Gasteiger partial charge in [-0.15, -0.1) is 16.4 Å². The summed E-state index contributed by atoms with van der Waals surface area (Å²) in [6.45, 7) is 2.48. The Kier molecular flexibility index (Phi) is 4.76. The van der Waals surface area contributed by atoms with E-state index in [0.29, 0.717) is 23.9 Å². The number of hydrogen-bond donors (Lipinski definition) is 1. The van der Waals surface area contributed by atoms with E-state index in [9.17, 15) is 4.79 Å². The first-order valence-corrected chi connectivity index (χ1v) is 9.34. The van der Waals surface area contributed by atoms with Gasteiger partial charge in [0.1, 0.15) is 0 Å². The average Bonchev–Trinajstić information content (AvgIpc) is 3.37. The van der Waals surface area contributed by atoms with E-state index in [2.05, 4.69) is 20.4 Å². The first-order chi connectivity index (χ1) is 13.2. The van der Waals surface area contributed by atoms with E-state index >= 15 is 0 Å². The molecular formula is C20H17N5OS. The molecule has 4 aromatic rings. The largest absolute Gasteiger partial charge is 0.349 e. The van der Waals surface area contributed by atoms with Crippen molar-refractivity contribution < 1.29 is 4.79 Å². The van der Waals surface area contributed by atoms with E-state index in [1.165, 1.54) is 4.68 Å². The maximum atomic E-state index is 13.1. The highest BCUT2D eigenvalue weighted by atomic mass is 32.1. The van der Waals surface area contributed by atoms with Crippen LogP contribution in [-0.4, -0.2) is 25.7 Å². The van der Waals surface area contributed by atoms with Crippen molar-refractivity contribution in [2.24, 2.45) is 0 Å². The normalized spacial score (nSPS) is 10.7. The molecule has 1 aromatic carbocycles. The number of pyridine rings is 1. The SMILES string of the molecule is Cc1ccccc1C(=O)n1nc(-c2cccnc2)nc1NCc1cccs1. The van der Waals surface area contributed by atoms with E-state index in [1.807, 2.05) is 54.8 Å². The highest BCUT2D eigenvalue weighted by Crippen LogP contribution is 2.20. The Morgan fingerprint density at radius 1 is 1.15 bits per heavy atom. The molecule has 0 atom stereocenters. The molecule has 0 spiro atoms. The lowest BCUT2D eigenvalue weighted by Gasteiger charge is -2.08. The third kappa shape index (κ3) is 3.63. The van der Waals surface area contributed by atoms with E-state index in [1.54, 1.807) is 29.8 Å². The first kappa shape index (κ1) is 17.1. The summed E-state index contributed by atoms with van der Waals surface area (Å²) in [4.78, 5) is 22.9. The summed E-state index contributed by atoms with van der Waals surface area (Å²) >= 11 is 1.64. The minimum atomic E-state index is -0.218. The van der Waals surface area contributed by atoms with E-state index in [0.717, 1.165) is 16.0 Å². The third-order valence-corrected chi connectivity index (χ3v) is 4.97. The van der Waals surface area contributed by atoms with Gasteiger partial charge >= 0.3 is 0 Å². The lowest BCUT2D eigenvalue weighted by atomic mass is 10.1. The fraction of sp³-hybridized carbons (Fsp3) is 0.100. The minimum absolute atomic E-state index is 0.218. The van der Waals surface area contributed by atoms with Crippen molar-refractivity contribution in [3.63, 3.8) is 0 Å². The molecule has 0 saturated heterocycles. The highest BCUT2D eigenvalue weighted by Gasteiger charge is 2.20. The van der Waals surface area contributed by atoms with Crippen LogP contribution in [0.2, 0.25) is 0 Å². The maximum Gasteiger partial charge on any atom is 0.281 e. The molecule has 1 N–H and O–H groups in total. The molecule has 7 heteroatoms. The van der Waals surface area contributed by atoms with Crippen LogP contribution in [0.15, 0.2) is 66.3 Å². The molecule has 0 aliphatic heterocycles. The standard InChI is InChI=1S/C20H17N5OS/c1-14-6-2-3-9-17(14)19(26)25-20(22-13-16-8-5-11-27-16)23-18(24-25)15-7-4-10-21-12-15/h2-12H,13H2,1H3,(H,22,23,24). The second-order valence-corrected chi connectivity index (χ2v) is 7.00. The van der Waals surface area contributed by atoms with Crippen molar-refractivity contribution in [2.45, 2.75) is 13.5 Å². The molecule has 4 rings (SSSR count). The lowest BCUT2D eigenvalue weighted by Crippen LogP contribution is -2.18. The van der Waals surface area contributed by atoms with Crippen molar-refractivity contribution in [2.75, 3.05) is 5.32 Å². The number of benzene rings is 1. The van der Waals surface area contributed by atoms with Crippen molar-refractivity contribution in [3.05, 3.63) is 82.3 Å². The topological polar surface area (TPSA) is 72.7 Å². The highest BCUT2D eigenvalue weighted by molar-refractivity contribution is 7.09. The minimum Gasteiger partial charge on any atom is -0.349 e. The summed E-state index contributed by atoms with van der Waals surface area (Å²) in [6, 6.07) is 15.2. The Morgan fingerprint density at radius 2 is 2.04 bits per heavy atom. The van der Waals surface area contributed by atoms with Crippen LogP contribution in [0.3, 0.4) is 0 Å². The molecule has 6 nitrogen and oxygen atoms in total. The quantitative estimate of drug-likeness (QED) is 0.571. The smallest absolute Gasteiger partial charge is 0.281 e. The molecule has 3 heterocycles. The second kappa shape index (κ2) is 7.51. The summed E-state index contributed by atoms with van der Waals surface area (Å²) in [7, 11) is 0. The van der Waals surface area contributed by atoms with Gasteiger partial charge in [-0.3, -0.25) is 9.78 Å². The number of rotatable bonds is 5. The summed E-state index contributed by atoms with van der Waals surface area (Å²) in [6.07, 6.45) is 3.37. The van der Waals surface area contributed by atoms with Gasteiger partial charge in [0.05, 0.1) is 6.54 Å². The van der Waals surface area contributed by atoms with Gasteiger partial charge in [0.25, 0.3) is 5.91 Å². The van der Waals surface area contributed by atoms with Gasteiger partial charge in [0.15, 0.2) is 5.82 Å². The van der Waals surface area contributed by atoms with Gasteiger partial charge in [-0.1, -0.05) is 24.3 Å². The van der Waals surface area contributed by atoms with Gasteiger partial charge in [-0.2, -0.15) is 9.67 Å². The molecule has 0 unspecified atom stereocenters. The number of carbonyl (C=O) groups is 1. The van der Waals surface area contributed by atoms with Gasteiger partial charge in [-0.05, 0) is 42.1 Å². The number of aromatic nitrogens is 4. The van der Waals surface area contributed by atoms with E-state index in [4.69, 9.17) is 0 Å². The van der Waals surface area contributed by atoms with Crippen molar-refractivity contribution in [1.29, 1.82) is 0 Å². The van der Waals surface area contributed by atoms with Crippen molar-refractivity contribution in [3.8, 4) is 11.4 Å². The Balaban J connectivity index is 1.72. The van der Waals surface area contributed by atoms with Crippen LogP contribution in [0.1, 0.15) is 20.8 Å². The fourth-order valence-electron chi connectivity index (χ4n) is 2.69. The summed E-state index contributed by atoms with van der Waals surface area (Å²) in [5, 5.41) is 9.70. The fourth-order valence-corrected chi connectivity index (χ4v) is 3.34. The van der Waals surface area contributed by atoms with Crippen LogP contribution < -0.4 is 5.32 Å². The van der Waals surface area contributed by atoms with Crippen LogP contribution in [0.4, 0.5) is 5.95 Å². The average molecular weight is 375 g/mol. The number of aryl methyl sites for hydroxylation is 1. The van der Waals surface area contributed by atoms with Crippen LogP contribution in [0, 0.1) is 6.92 Å². The van der Waals surface area contributed by atoms with Crippen LogP contribution >= 0.6 is 11.3 Å². The maximum absolute atomic E-state index is 13.1. The third-order valence-electron chi connectivity index (χ3n) is 4.10. The molecule has 27 heavy (non-hydrogen) atoms. The van der Waals surface area contributed by atoms with Crippen LogP contribution in [-0.2, 0) is 6.54 Å². The lowest BCUT2D eigenvalue weighted by molar-refractivity contribution is 0.0947. The van der Waals surface area contributed by atoms with Gasteiger partial charge in [-0.25, -0.2) is 0 Å². The summed E-state index contributed by atoms with van der Waals surface area (Å²) in [5.41, 5.74) is 2.25. The number of nitrogens with one attached hydrogen (secondary N) is 1. The second-order valence-electron chi connectivity index (χ2n) is 5.97. The molecule has 0 amide bonds. The zero-order chi connectivity index (χ0) is 18.6. The zero-order valence-electron chi connectivity index (χ0n) is 14.7. The zero-order valence-corrected chi connectivity index (χ0v) is 15.5. The molecule has 0 saturated carbocycles. The van der Waals surface area contributed by atoms with Crippen LogP contribution in [0.25, 0.3) is 11.4 Å². The number of anilines is 1. The van der Waals surface area contributed by atoms with E-state index < -0.39 is 0 Å². The molecule has 0 aliphatic carbocycles. The Bertz CT molecular complexity index is 1060. The van der Waals surface area contributed by atoms with Crippen LogP contribution in [0.5, 0.6) is 0 Å². The number of carbonyl (C=O) groups excluding carboxylic acids is 1. The predicted molar refractivity (Wildman–Crippen MR) is 106 cm³/mol. The van der Waals surface area contributed by atoms with Gasteiger partial charge in [0.2, 0.25) is 5.95 Å². The van der Waals surface area contributed by atoms with Crippen molar-refractivity contribution in [1.82, 2.24) is 19.7 Å². The Labute approximate surface area is 160 Å². The van der Waals surface area contributed by atoms with E-state index in [-0.39, 0.29) is 5.91 Å². The molecule has 134 valence electrons. The molecule has 0 fully saturated rings. The predicted octanol–water partition coefficient (Wildman–Crippen LogP) is 4.01. The molecular weight excluding hydrogens is 358 g/mol. The van der Waals surface area contributed by atoms with Crippen molar-refractivity contribution >= 4 is 23.2 Å². The molecule has 0 radical (unpaired) electrons. The van der Waals surface area contributed by atoms with Gasteiger partial charge in [0, 0.05) is 28.4 Å².